The first-order valence-electron chi connectivity index (χ1n) is 11.3. The third-order valence-corrected chi connectivity index (χ3v) is 6.69. The summed E-state index contributed by atoms with van der Waals surface area (Å²) in [6.07, 6.45) is 7.91. The molecule has 1 saturated carbocycles. The average Bonchev–Trinajstić information content (AvgIpc) is 3.58. The van der Waals surface area contributed by atoms with Crippen molar-refractivity contribution in [3.8, 4) is 17.0 Å². The molecular weight excluding hydrogens is 404 g/mol. The molecule has 8 nitrogen and oxygen atoms in total. The molecule has 6 rings (SSSR count). The van der Waals surface area contributed by atoms with Crippen LogP contribution in [-0.2, 0) is 4.74 Å². The second-order valence-electron chi connectivity index (χ2n) is 8.86. The Bertz CT molecular complexity index is 1090. The molecule has 164 valence electrons. The van der Waals surface area contributed by atoms with Crippen molar-refractivity contribution < 1.29 is 9.47 Å². The lowest BCUT2D eigenvalue weighted by Gasteiger charge is -2.28. The number of rotatable bonds is 5. The van der Waals surface area contributed by atoms with Gasteiger partial charge in [0.25, 0.3) is 0 Å². The number of fused-ring (bicyclic) bond motifs is 2. The maximum absolute atomic E-state index is 6.21. The van der Waals surface area contributed by atoms with Crippen LogP contribution in [0.1, 0.15) is 37.4 Å². The van der Waals surface area contributed by atoms with Crippen molar-refractivity contribution >= 4 is 11.8 Å². The zero-order valence-electron chi connectivity index (χ0n) is 17.8. The fourth-order valence-corrected chi connectivity index (χ4v) is 5.05. The summed E-state index contributed by atoms with van der Waals surface area (Å²) in [6.45, 7) is 1.64. The molecule has 32 heavy (non-hydrogen) atoms. The fraction of sp³-hybridized carbons (Fsp3) is 0.417. The van der Waals surface area contributed by atoms with E-state index in [1.165, 1.54) is 0 Å². The molecule has 2 N–H and O–H groups in total. The summed E-state index contributed by atoms with van der Waals surface area (Å²) < 4.78 is 12.0. The number of anilines is 2. The lowest BCUT2D eigenvalue weighted by Crippen LogP contribution is -2.37. The first kappa shape index (κ1) is 19.4. The van der Waals surface area contributed by atoms with Crippen LogP contribution >= 0.6 is 0 Å². The summed E-state index contributed by atoms with van der Waals surface area (Å²) in [6, 6.07) is 12.5. The first-order chi connectivity index (χ1) is 15.7. The molecule has 2 aromatic heterocycles. The smallest absolute Gasteiger partial charge is 0.219 e. The van der Waals surface area contributed by atoms with Crippen LogP contribution < -0.4 is 15.4 Å². The third kappa shape index (κ3) is 3.75. The number of hydrogen-bond acceptors (Lipinski definition) is 8. The Kier molecular flexibility index (Phi) is 4.87. The molecule has 8 heteroatoms. The number of nitrogens with two attached hydrogens (primary N) is 1. The highest BCUT2D eigenvalue weighted by Gasteiger charge is 2.40. The van der Waals surface area contributed by atoms with E-state index in [0.717, 1.165) is 67.5 Å². The normalized spacial score (nSPS) is 26.6. The van der Waals surface area contributed by atoms with Gasteiger partial charge in [0.1, 0.15) is 17.4 Å². The van der Waals surface area contributed by atoms with Gasteiger partial charge >= 0.3 is 0 Å². The molecule has 2 bridgehead atoms. The predicted octanol–water partition coefficient (Wildman–Crippen LogP) is 3.21. The van der Waals surface area contributed by atoms with Gasteiger partial charge in [0.15, 0.2) is 0 Å². The molecule has 1 unspecified atom stereocenters. The van der Waals surface area contributed by atoms with Gasteiger partial charge in [-0.3, -0.25) is 0 Å². The average molecular weight is 431 g/mol. The van der Waals surface area contributed by atoms with Crippen molar-refractivity contribution in [3.63, 3.8) is 0 Å². The lowest BCUT2D eigenvalue weighted by molar-refractivity contribution is 0.0988. The van der Waals surface area contributed by atoms with Gasteiger partial charge in [-0.05, 0) is 37.8 Å². The summed E-state index contributed by atoms with van der Waals surface area (Å²) >= 11 is 0. The SMILES string of the molecule is Nc1ncc(-c2cc(N3C[C@@H]4C[C@H]3CO4)nc(C3CC[C@H](Oc4ccccc4)C3)n2)cn1. The molecule has 0 spiro atoms. The standard InChI is InChI=1S/C24H26N6O2/c25-24-26-11-16(12-27-24)21-10-22(30-13-20-9-17(30)14-31-20)29-23(28-21)15-6-7-19(8-15)32-18-4-2-1-3-5-18/h1-5,10-12,15,17,19-20H,6-9,13-14H2,(H2,25,26,27)/t15?,17-,19-,20-/m0/s1. The Morgan fingerprint density at radius 3 is 2.62 bits per heavy atom. The molecule has 4 atom stereocenters. The van der Waals surface area contributed by atoms with Gasteiger partial charge in [-0.1, -0.05) is 18.2 Å². The predicted molar refractivity (Wildman–Crippen MR) is 120 cm³/mol. The second-order valence-corrected chi connectivity index (χ2v) is 8.86. The van der Waals surface area contributed by atoms with Crippen molar-refractivity contribution in [2.75, 3.05) is 23.8 Å². The van der Waals surface area contributed by atoms with Crippen LogP contribution in [0.25, 0.3) is 11.3 Å². The minimum atomic E-state index is 0.175. The monoisotopic (exact) mass is 430 g/mol. The van der Waals surface area contributed by atoms with E-state index < -0.39 is 0 Å². The largest absolute Gasteiger partial charge is 0.490 e. The number of hydrogen-bond donors (Lipinski definition) is 1. The maximum atomic E-state index is 6.21. The van der Waals surface area contributed by atoms with E-state index in [-0.39, 0.29) is 18.0 Å². The minimum Gasteiger partial charge on any atom is -0.490 e. The van der Waals surface area contributed by atoms with E-state index in [2.05, 4.69) is 14.9 Å². The van der Waals surface area contributed by atoms with Crippen LogP contribution in [0, 0.1) is 0 Å². The van der Waals surface area contributed by atoms with Crippen molar-refractivity contribution in [1.82, 2.24) is 19.9 Å². The first-order valence-corrected chi connectivity index (χ1v) is 11.3. The molecule has 1 aromatic carbocycles. The van der Waals surface area contributed by atoms with Gasteiger partial charge in [-0.2, -0.15) is 0 Å². The number of benzene rings is 1. The van der Waals surface area contributed by atoms with Crippen molar-refractivity contribution in [1.29, 1.82) is 0 Å². The third-order valence-electron chi connectivity index (χ3n) is 6.69. The Morgan fingerprint density at radius 1 is 1.03 bits per heavy atom. The summed E-state index contributed by atoms with van der Waals surface area (Å²) in [5.41, 5.74) is 7.37. The van der Waals surface area contributed by atoms with Crippen LogP contribution in [0.5, 0.6) is 5.75 Å². The number of nitrogens with zero attached hydrogens (tertiary/aromatic N) is 5. The quantitative estimate of drug-likeness (QED) is 0.659. The topological polar surface area (TPSA) is 99.3 Å². The van der Waals surface area contributed by atoms with E-state index in [1.54, 1.807) is 12.4 Å². The molecule has 0 radical (unpaired) electrons. The van der Waals surface area contributed by atoms with Gasteiger partial charge in [0, 0.05) is 36.5 Å². The van der Waals surface area contributed by atoms with E-state index in [0.29, 0.717) is 12.1 Å². The van der Waals surface area contributed by atoms with Gasteiger partial charge in [0.2, 0.25) is 5.95 Å². The highest BCUT2D eigenvalue weighted by atomic mass is 16.5. The van der Waals surface area contributed by atoms with Crippen LogP contribution in [-0.4, -0.2) is 51.3 Å². The Hall–Kier alpha value is -3.26. The number of nitrogen functional groups attached to an aromatic ring is 1. The Morgan fingerprint density at radius 2 is 1.88 bits per heavy atom. The molecule has 3 aliphatic rings. The lowest BCUT2D eigenvalue weighted by atomic mass is 10.1. The number of para-hydroxylation sites is 1. The van der Waals surface area contributed by atoms with Gasteiger partial charge < -0.3 is 20.1 Å². The molecule has 0 amide bonds. The number of morpholine rings is 1. The van der Waals surface area contributed by atoms with Crippen LogP contribution in [0.2, 0.25) is 0 Å². The number of aromatic nitrogens is 4. The van der Waals surface area contributed by atoms with E-state index in [4.69, 9.17) is 25.2 Å². The number of ether oxygens (including phenoxy) is 2. The van der Waals surface area contributed by atoms with E-state index in [1.807, 2.05) is 36.4 Å². The fourth-order valence-electron chi connectivity index (χ4n) is 5.05. The molecule has 3 fully saturated rings. The van der Waals surface area contributed by atoms with Crippen molar-refractivity contribution in [3.05, 3.63) is 54.6 Å². The molecule has 2 aliphatic heterocycles. The van der Waals surface area contributed by atoms with Crippen molar-refractivity contribution in [2.24, 2.45) is 0 Å². The summed E-state index contributed by atoms with van der Waals surface area (Å²) in [5, 5.41) is 0. The van der Waals surface area contributed by atoms with Gasteiger partial charge in [-0.15, -0.1) is 0 Å². The summed E-state index contributed by atoms with van der Waals surface area (Å²) in [4.78, 5) is 20.7. The summed E-state index contributed by atoms with van der Waals surface area (Å²) in [5.74, 6) is 3.27. The highest BCUT2D eigenvalue weighted by Crippen LogP contribution is 2.38. The highest BCUT2D eigenvalue weighted by molar-refractivity contribution is 5.62. The van der Waals surface area contributed by atoms with Gasteiger partial charge in [-0.25, -0.2) is 19.9 Å². The second kappa shape index (κ2) is 8.02. The van der Waals surface area contributed by atoms with Crippen LogP contribution in [0.3, 0.4) is 0 Å². The van der Waals surface area contributed by atoms with E-state index in [9.17, 15) is 0 Å². The molecular formula is C24H26N6O2. The van der Waals surface area contributed by atoms with E-state index >= 15 is 0 Å². The molecule has 3 aromatic rings. The summed E-state index contributed by atoms with van der Waals surface area (Å²) in [7, 11) is 0. The van der Waals surface area contributed by atoms with Crippen LogP contribution in [0.4, 0.5) is 11.8 Å². The Balaban J connectivity index is 1.29. The molecule has 4 heterocycles. The Labute approximate surface area is 186 Å². The molecule has 2 saturated heterocycles. The maximum Gasteiger partial charge on any atom is 0.219 e. The zero-order chi connectivity index (χ0) is 21.5. The van der Waals surface area contributed by atoms with Crippen molar-refractivity contribution in [2.45, 2.75) is 49.9 Å². The van der Waals surface area contributed by atoms with Crippen LogP contribution in [0.15, 0.2) is 48.8 Å². The molecule has 1 aliphatic carbocycles. The minimum absolute atomic E-state index is 0.175. The van der Waals surface area contributed by atoms with Gasteiger partial charge in [0.05, 0.1) is 30.6 Å². The zero-order valence-corrected chi connectivity index (χ0v) is 17.8.